The van der Waals surface area contributed by atoms with Gasteiger partial charge in [-0.2, -0.15) is 0 Å². The Kier molecular flexibility index (Phi) is 1.22. The molecule has 0 aromatic rings. The van der Waals surface area contributed by atoms with Gasteiger partial charge in [0.15, 0.2) is 0 Å². The molecule has 2 aliphatic heterocycles. The third kappa shape index (κ3) is 0.852. The fourth-order valence-electron chi connectivity index (χ4n) is 1.88. The quantitative estimate of drug-likeness (QED) is 0.417. The van der Waals surface area contributed by atoms with Crippen molar-refractivity contribution in [1.82, 2.24) is 10.3 Å². The molecule has 0 radical (unpaired) electrons. The van der Waals surface area contributed by atoms with Gasteiger partial charge in [-0.25, -0.2) is 5.01 Å². The third-order valence-electron chi connectivity index (χ3n) is 2.39. The molecule has 3 nitrogen and oxygen atoms in total. The SMILES string of the molecule is NN1CC2CCNC2C1. The van der Waals surface area contributed by atoms with Crippen molar-refractivity contribution < 1.29 is 0 Å². The lowest BCUT2D eigenvalue weighted by atomic mass is 10.1. The van der Waals surface area contributed by atoms with Gasteiger partial charge in [-0.1, -0.05) is 0 Å². The van der Waals surface area contributed by atoms with E-state index in [0.717, 1.165) is 19.0 Å². The monoisotopic (exact) mass is 127 g/mol. The van der Waals surface area contributed by atoms with Gasteiger partial charge in [0.25, 0.3) is 0 Å². The average Bonchev–Trinajstić information content (AvgIpc) is 2.22. The van der Waals surface area contributed by atoms with E-state index in [9.17, 15) is 0 Å². The van der Waals surface area contributed by atoms with Crippen LogP contribution in [0.25, 0.3) is 0 Å². The topological polar surface area (TPSA) is 41.3 Å². The molecule has 9 heavy (non-hydrogen) atoms. The van der Waals surface area contributed by atoms with Gasteiger partial charge in [-0.05, 0) is 18.9 Å². The molecule has 2 unspecified atom stereocenters. The molecule has 0 bridgehead atoms. The molecule has 2 saturated heterocycles. The summed E-state index contributed by atoms with van der Waals surface area (Å²) >= 11 is 0. The van der Waals surface area contributed by atoms with E-state index < -0.39 is 0 Å². The van der Waals surface area contributed by atoms with Crippen LogP contribution in [0.15, 0.2) is 0 Å². The molecule has 0 saturated carbocycles. The Labute approximate surface area is 55.2 Å². The lowest BCUT2D eigenvalue weighted by molar-refractivity contribution is 0.327. The van der Waals surface area contributed by atoms with Crippen molar-refractivity contribution in [2.75, 3.05) is 19.6 Å². The third-order valence-corrected chi connectivity index (χ3v) is 2.39. The molecule has 3 heteroatoms. The van der Waals surface area contributed by atoms with Crippen LogP contribution in [-0.4, -0.2) is 30.7 Å². The van der Waals surface area contributed by atoms with E-state index in [-0.39, 0.29) is 0 Å². The standard InChI is InChI=1S/C6H13N3/c7-9-3-5-1-2-8-6(5)4-9/h5-6,8H,1-4,7H2. The summed E-state index contributed by atoms with van der Waals surface area (Å²) in [5, 5.41) is 5.35. The molecule has 2 aliphatic rings. The van der Waals surface area contributed by atoms with Crippen LogP contribution in [-0.2, 0) is 0 Å². The minimum absolute atomic E-state index is 0.704. The molecule has 0 aliphatic carbocycles. The van der Waals surface area contributed by atoms with E-state index in [1.54, 1.807) is 0 Å². The summed E-state index contributed by atoms with van der Waals surface area (Å²) in [6, 6.07) is 0.704. The van der Waals surface area contributed by atoms with Crippen molar-refractivity contribution >= 4 is 0 Å². The Morgan fingerprint density at radius 2 is 2.33 bits per heavy atom. The predicted octanol–water partition coefficient (Wildman–Crippen LogP) is -0.846. The Morgan fingerprint density at radius 3 is 3.11 bits per heavy atom. The summed E-state index contributed by atoms with van der Waals surface area (Å²) in [5.41, 5.74) is 0. The number of fused-ring (bicyclic) bond motifs is 1. The van der Waals surface area contributed by atoms with Gasteiger partial charge in [-0.15, -0.1) is 0 Å². The van der Waals surface area contributed by atoms with Gasteiger partial charge >= 0.3 is 0 Å². The highest BCUT2D eigenvalue weighted by atomic mass is 15.4. The molecular formula is C6H13N3. The van der Waals surface area contributed by atoms with Crippen molar-refractivity contribution in [3.05, 3.63) is 0 Å². The highest BCUT2D eigenvalue weighted by Gasteiger charge is 2.34. The second-order valence-electron chi connectivity index (χ2n) is 3.06. The van der Waals surface area contributed by atoms with Crippen LogP contribution >= 0.6 is 0 Å². The van der Waals surface area contributed by atoms with Crippen LogP contribution in [0.1, 0.15) is 6.42 Å². The second kappa shape index (κ2) is 1.94. The first kappa shape index (κ1) is 5.65. The van der Waals surface area contributed by atoms with Crippen LogP contribution in [0, 0.1) is 5.92 Å². The molecular weight excluding hydrogens is 114 g/mol. The lowest BCUT2D eigenvalue weighted by Crippen LogP contribution is -2.33. The molecule has 2 rings (SSSR count). The first-order valence-corrected chi connectivity index (χ1v) is 3.59. The number of rotatable bonds is 0. The highest BCUT2D eigenvalue weighted by Crippen LogP contribution is 2.21. The largest absolute Gasteiger partial charge is 0.312 e. The number of nitrogens with zero attached hydrogens (tertiary/aromatic N) is 1. The highest BCUT2D eigenvalue weighted by molar-refractivity contribution is 4.91. The molecule has 0 aromatic carbocycles. The van der Waals surface area contributed by atoms with Crippen LogP contribution in [0.3, 0.4) is 0 Å². The number of nitrogens with two attached hydrogens (primary N) is 1. The van der Waals surface area contributed by atoms with E-state index in [1.165, 1.54) is 13.0 Å². The molecule has 0 amide bonds. The zero-order chi connectivity index (χ0) is 6.27. The summed E-state index contributed by atoms with van der Waals surface area (Å²) in [6.07, 6.45) is 1.32. The van der Waals surface area contributed by atoms with Gasteiger partial charge in [0, 0.05) is 19.1 Å². The summed E-state index contributed by atoms with van der Waals surface area (Å²) in [6.45, 7) is 3.34. The first-order valence-electron chi connectivity index (χ1n) is 3.59. The molecule has 2 atom stereocenters. The Hall–Kier alpha value is -0.120. The predicted molar refractivity (Wildman–Crippen MR) is 35.7 cm³/mol. The lowest BCUT2D eigenvalue weighted by Gasteiger charge is -2.07. The number of nitrogens with one attached hydrogen (secondary N) is 1. The van der Waals surface area contributed by atoms with Crippen molar-refractivity contribution in [2.45, 2.75) is 12.5 Å². The summed E-state index contributed by atoms with van der Waals surface area (Å²) in [4.78, 5) is 0. The van der Waals surface area contributed by atoms with Crippen LogP contribution in [0.4, 0.5) is 0 Å². The maximum absolute atomic E-state index is 5.62. The van der Waals surface area contributed by atoms with Crippen LogP contribution in [0.5, 0.6) is 0 Å². The first-order chi connectivity index (χ1) is 4.36. The number of hydrogen-bond donors (Lipinski definition) is 2. The number of hydrazine groups is 1. The fraction of sp³-hybridized carbons (Fsp3) is 1.00. The smallest absolute Gasteiger partial charge is 0.0286 e. The van der Waals surface area contributed by atoms with Crippen molar-refractivity contribution in [1.29, 1.82) is 0 Å². The fourth-order valence-corrected chi connectivity index (χ4v) is 1.88. The average molecular weight is 127 g/mol. The van der Waals surface area contributed by atoms with Crippen LogP contribution < -0.4 is 11.2 Å². The molecule has 0 spiro atoms. The zero-order valence-electron chi connectivity index (χ0n) is 5.51. The molecule has 2 fully saturated rings. The van der Waals surface area contributed by atoms with E-state index >= 15 is 0 Å². The van der Waals surface area contributed by atoms with E-state index in [0.29, 0.717) is 6.04 Å². The second-order valence-corrected chi connectivity index (χ2v) is 3.06. The Balaban J connectivity index is 2.02. The molecule has 3 N–H and O–H groups in total. The summed E-state index contributed by atoms with van der Waals surface area (Å²) < 4.78 is 0. The van der Waals surface area contributed by atoms with Gasteiger partial charge in [-0.3, -0.25) is 5.84 Å². The van der Waals surface area contributed by atoms with Crippen molar-refractivity contribution in [2.24, 2.45) is 11.8 Å². The van der Waals surface area contributed by atoms with Crippen LogP contribution in [0.2, 0.25) is 0 Å². The molecule has 0 aromatic heterocycles. The van der Waals surface area contributed by atoms with Crippen molar-refractivity contribution in [3.8, 4) is 0 Å². The minimum atomic E-state index is 0.704. The van der Waals surface area contributed by atoms with E-state index in [1.807, 2.05) is 5.01 Å². The maximum Gasteiger partial charge on any atom is 0.0286 e. The molecule has 52 valence electrons. The zero-order valence-corrected chi connectivity index (χ0v) is 5.51. The minimum Gasteiger partial charge on any atom is -0.312 e. The van der Waals surface area contributed by atoms with Gasteiger partial charge < -0.3 is 5.32 Å². The van der Waals surface area contributed by atoms with E-state index in [2.05, 4.69) is 5.32 Å². The van der Waals surface area contributed by atoms with E-state index in [4.69, 9.17) is 5.84 Å². The normalized spacial score (nSPS) is 43.7. The van der Waals surface area contributed by atoms with Gasteiger partial charge in [0.1, 0.15) is 0 Å². The summed E-state index contributed by atoms with van der Waals surface area (Å²) in [5.74, 6) is 6.46. The molecule has 2 heterocycles. The van der Waals surface area contributed by atoms with Crippen molar-refractivity contribution in [3.63, 3.8) is 0 Å². The van der Waals surface area contributed by atoms with Gasteiger partial charge in [0.2, 0.25) is 0 Å². The summed E-state index contributed by atoms with van der Waals surface area (Å²) in [7, 11) is 0. The maximum atomic E-state index is 5.62. The Bertz CT molecular complexity index is 103. The van der Waals surface area contributed by atoms with Gasteiger partial charge in [0.05, 0.1) is 0 Å². The number of hydrogen-bond acceptors (Lipinski definition) is 3. The Morgan fingerprint density at radius 1 is 1.44 bits per heavy atom.